The van der Waals surface area contributed by atoms with E-state index in [0.717, 1.165) is 19.4 Å². The number of amides is 2. The topological polar surface area (TPSA) is 52.7 Å². The minimum Gasteiger partial charge on any atom is -0.339 e. The van der Waals surface area contributed by atoms with Crippen molar-refractivity contribution in [3.8, 4) is 0 Å². The Morgan fingerprint density at radius 1 is 1.06 bits per heavy atom. The maximum Gasteiger partial charge on any atom is 0.239 e. The molecule has 0 saturated carbocycles. The summed E-state index contributed by atoms with van der Waals surface area (Å²) in [6.45, 7) is 5.23. The third kappa shape index (κ3) is 2.97. The van der Waals surface area contributed by atoms with Gasteiger partial charge in [0.15, 0.2) is 0 Å². The van der Waals surface area contributed by atoms with E-state index in [1.165, 1.54) is 6.42 Å². The molecule has 17 heavy (non-hydrogen) atoms. The molecule has 0 unspecified atom stereocenters. The Hall–Kier alpha value is -1.10. The van der Waals surface area contributed by atoms with Crippen molar-refractivity contribution in [3.05, 3.63) is 0 Å². The molecule has 2 aliphatic heterocycles. The predicted octanol–water partition coefficient (Wildman–Crippen LogP) is -0.181. The third-order valence-corrected chi connectivity index (χ3v) is 3.65. The van der Waals surface area contributed by atoms with E-state index in [2.05, 4.69) is 5.32 Å². The van der Waals surface area contributed by atoms with Crippen LogP contribution in [0.4, 0.5) is 0 Å². The number of carbonyl (C=O) groups is 2. The van der Waals surface area contributed by atoms with Gasteiger partial charge in [0.25, 0.3) is 0 Å². The number of piperazine rings is 1. The van der Waals surface area contributed by atoms with Crippen LogP contribution in [0.1, 0.15) is 26.2 Å². The lowest BCUT2D eigenvalue weighted by atomic mass is 10.0. The lowest BCUT2D eigenvalue weighted by molar-refractivity contribution is -0.140. The zero-order valence-corrected chi connectivity index (χ0v) is 10.4. The number of carbonyl (C=O) groups excluding carboxylic acids is 2. The molecule has 0 bridgehead atoms. The van der Waals surface area contributed by atoms with E-state index in [9.17, 15) is 9.59 Å². The maximum absolute atomic E-state index is 12.2. The summed E-state index contributed by atoms with van der Waals surface area (Å²) in [5.41, 5.74) is 0. The Balaban J connectivity index is 1.83. The zero-order chi connectivity index (χ0) is 12.3. The van der Waals surface area contributed by atoms with Gasteiger partial charge in [-0.15, -0.1) is 0 Å². The Bertz CT molecular complexity index is 292. The molecule has 0 aromatic carbocycles. The van der Waals surface area contributed by atoms with Crippen molar-refractivity contribution in [1.82, 2.24) is 15.1 Å². The summed E-state index contributed by atoms with van der Waals surface area (Å²) in [6.07, 6.45) is 3.25. The highest BCUT2D eigenvalue weighted by Crippen LogP contribution is 2.11. The second-order valence-electron chi connectivity index (χ2n) is 4.83. The standard InChI is InChI=1S/C12H21N3O2/c1-10(16)14-6-8-15(9-7-14)12(17)11-4-2-3-5-13-11/h11,13H,2-9H2,1H3/t11-/m1/s1. The fourth-order valence-corrected chi connectivity index (χ4v) is 2.52. The molecule has 2 fully saturated rings. The van der Waals surface area contributed by atoms with Gasteiger partial charge in [-0.25, -0.2) is 0 Å². The van der Waals surface area contributed by atoms with E-state index >= 15 is 0 Å². The lowest BCUT2D eigenvalue weighted by Crippen LogP contribution is -2.55. The molecular weight excluding hydrogens is 218 g/mol. The molecule has 2 heterocycles. The zero-order valence-electron chi connectivity index (χ0n) is 10.4. The molecule has 1 N–H and O–H groups in total. The molecule has 96 valence electrons. The molecule has 2 aliphatic rings. The Morgan fingerprint density at radius 3 is 2.24 bits per heavy atom. The summed E-state index contributed by atoms with van der Waals surface area (Å²) < 4.78 is 0. The third-order valence-electron chi connectivity index (χ3n) is 3.65. The monoisotopic (exact) mass is 239 g/mol. The van der Waals surface area contributed by atoms with E-state index in [0.29, 0.717) is 26.2 Å². The molecule has 2 rings (SSSR count). The normalized spacial score (nSPS) is 25.8. The number of nitrogens with zero attached hydrogens (tertiary/aromatic N) is 2. The number of hydrogen-bond donors (Lipinski definition) is 1. The van der Waals surface area contributed by atoms with E-state index in [4.69, 9.17) is 0 Å². The van der Waals surface area contributed by atoms with Crippen LogP contribution in [0.2, 0.25) is 0 Å². The smallest absolute Gasteiger partial charge is 0.239 e. The van der Waals surface area contributed by atoms with Gasteiger partial charge >= 0.3 is 0 Å². The molecule has 0 aromatic rings. The number of hydrogen-bond acceptors (Lipinski definition) is 3. The molecule has 2 saturated heterocycles. The Morgan fingerprint density at radius 2 is 1.71 bits per heavy atom. The average molecular weight is 239 g/mol. The predicted molar refractivity (Wildman–Crippen MR) is 64.5 cm³/mol. The Kier molecular flexibility index (Phi) is 3.99. The van der Waals surface area contributed by atoms with Gasteiger partial charge in [-0.05, 0) is 19.4 Å². The first-order chi connectivity index (χ1) is 8.18. The fraction of sp³-hybridized carbons (Fsp3) is 0.833. The van der Waals surface area contributed by atoms with Crippen molar-refractivity contribution in [1.29, 1.82) is 0 Å². The van der Waals surface area contributed by atoms with Crippen molar-refractivity contribution < 1.29 is 9.59 Å². The van der Waals surface area contributed by atoms with E-state index < -0.39 is 0 Å². The van der Waals surface area contributed by atoms with Crippen LogP contribution < -0.4 is 5.32 Å². The summed E-state index contributed by atoms with van der Waals surface area (Å²) in [5.74, 6) is 0.320. The van der Waals surface area contributed by atoms with Crippen LogP contribution in [0.5, 0.6) is 0 Å². The molecule has 0 spiro atoms. The van der Waals surface area contributed by atoms with Gasteiger partial charge in [0, 0.05) is 33.1 Å². The van der Waals surface area contributed by atoms with Crippen molar-refractivity contribution in [2.24, 2.45) is 0 Å². The molecule has 1 atom stereocenters. The van der Waals surface area contributed by atoms with Gasteiger partial charge < -0.3 is 15.1 Å². The molecular formula is C12H21N3O2. The van der Waals surface area contributed by atoms with Crippen LogP contribution in [0.3, 0.4) is 0 Å². The van der Waals surface area contributed by atoms with Gasteiger partial charge in [-0.2, -0.15) is 0 Å². The lowest BCUT2D eigenvalue weighted by Gasteiger charge is -2.36. The molecule has 5 nitrogen and oxygen atoms in total. The van der Waals surface area contributed by atoms with Crippen molar-refractivity contribution in [3.63, 3.8) is 0 Å². The van der Waals surface area contributed by atoms with E-state index in [-0.39, 0.29) is 17.9 Å². The maximum atomic E-state index is 12.2. The molecule has 2 amide bonds. The first kappa shape index (κ1) is 12.4. The highest BCUT2D eigenvalue weighted by molar-refractivity contribution is 5.82. The summed E-state index contributed by atoms with van der Waals surface area (Å²) in [7, 11) is 0. The van der Waals surface area contributed by atoms with Crippen molar-refractivity contribution in [2.45, 2.75) is 32.2 Å². The van der Waals surface area contributed by atoms with Crippen LogP contribution in [-0.4, -0.2) is 60.4 Å². The number of piperidine rings is 1. The van der Waals surface area contributed by atoms with Crippen LogP contribution in [-0.2, 0) is 9.59 Å². The first-order valence-corrected chi connectivity index (χ1v) is 6.46. The summed E-state index contributed by atoms with van der Waals surface area (Å²) in [6, 6.07) is 0.00706. The first-order valence-electron chi connectivity index (χ1n) is 6.46. The van der Waals surface area contributed by atoms with E-state index in [1.807, 2.05) is 4.90 Å². The SMILES string of the molecule is CC(=O)N1CCN(C(=O)[C@H]2CCCCN2)CC1. The van der Waals surface area contributed by atoms with Gasteiger partial charge in [-0.3, -0.25) is 9.59 Å². The van der Waals surface area contributed by atoms with Crippen molar-refractivity contribution >= 4 is 11.8 Å². The van der Waals surface area contributed by atoms with Crippen LogP contribution >= 0.6 is 0 Å². The second kappa shape index (κ2) is 5.49. The highest BCUT2D eigenvalue weighted by atomic mass is 16.2. The van der Waals surface area contributed by atoms with Crippen LogP contribution in [0.25, 0.3) is 0 Å². The molecule has 5 heteroatoms. The fourth-order valence-electron chi connectivity index (χ4n) is 2.52. The molecule has 0 aliphatic carbocycles. The molecule has 0 aromatic heterocycles. The van der Waals surface area contributed by atoms with E-state index in [1.54, 1.807) is 11.8 Å². The van der Waals surface area contributed by atoms with Gasteiger partial charge in [0.05, 0.1) is 6.04 Å². The van der Waals surface area contributed by atoms with Gasteiger partial charge in [0.2, 0.25) is 11.8 Å². The average Bonchev–Trinajstić information content (AvgIpc) is 2.39. The van der Waals surface area contributed by atoms with Crippen LogP contribution in [0.15, 0.2) is 0 Å². The minimum atomic E-state index is 0.00706. The quantitative estimate of drug-likeness (QED) is 0.690. The van der Waals surface area contributed by atoms with Crippen LogP contribution in [0, 0.1) is 0 Å². The highest BCUT2D eigenvalue weighted by Gasteiger charge is 2.28. The number of rotatable bonds is 1. The summed E-state index contributed by atoms with van der Waals surface area (Å²) in [5, 5.41) is 3.28. The number of nitrogens with one attached hydrogen (secondary N) is 1. The summed E-state index contributed by atoms with van der Waals surface area (Å²) in [4.78, 5) is 27.1. The van der Waals surface area contributed by atoms with Gasteiger partial charge in [0.1, 0.15) is 0 Å². The largest absolute Gasteiger partial charge is 0.339 e. The molecule has 0 radical (unpaired) electrons. The van der Waals surface area contributed by atoms with Gasteiger partial charge in [-0.1, -0.05) is 6.42 Å². The second-order valence-corrected chi connectivity index (χ2v) is 4.83. The summed E-state index contributed by atoms with van der Waals surface area (Å²) >= 11 is 0. The minimum absolute atomic E-state index is 0.00706. The van der Waals surface area contributed by atoms with Crippen molar-refractivity contribution in [2.75, 3.05) is 32.7 Å². The Labute approximate surface area is 102 Å².